The minimum absolute atomic E-state index is 0.0224. The summed E-state index contributed by atoms with van der Waals surface area (Å²) in [5, 5.41) is 1.20. The van der Waals surface area contributed by atoms with Crippen LogP contribution in [0.5, 0.6) is 0 Å². The van der Waals surface area contributed by atoms with Gasteiger partial charge in [-0.25, -0.2) is 0 Å². The van der Waals surface area contributed by atoms with Crippen molar-refractivity contribution in [2.24, 2.45) is 0 Å². The van der Waals surface area contributed by atoms with E-state index in [0.717, 1.165) is 5.52 Å². The Bertz CT molecular complexity index is 964. The number of benzene rings is 2. The Labute approximate surface area is 137 Å². The molecule has 23 heavy (non-hydrogen) atoms. The van der Waals surface area contributed by atoms with Crippen molar-refractivity contribution in [1.29, 1.82) is 0 Å². The first-order chi connectivity index (χ1) is 11.0. The van der Waals surface area contributed by atoms with Crippen molar-refractivity contribution < 1.29 is 4.58 Å². The number of pyridine rings is 1. The molecule has 2 heterocycles. The zero-order valence-corrected chi connectivity index (χ0v) is 14.1. The summed E-state index contributed by atoms with van der Waals surface area (Å²) in [7, 11) is 2.16. The Kier molecular flexibility index (Phi) is 2.92. The third-order valence-electron chi connectivity index (χ3n) is 4.98. The molecule has 2 aromatic carbocycles. The normalized spacial score (nSPS) is 16.0. The molecule has 0 amide bonds. The van der Waals surface area contributed by atoms with Crippen LogP contribution in [0, 0.1) is 6.92 Å². The zero-order valence-electron chi connectivity index (χ0n) is 14.1. The van der Waals surface area contributed by atoms with Crippen molar-refractivity contribution in [3.05, 3.63) is 71.4 Å². The summed E-state index contributed by atoms with van der Waals surface area (Å²) in [5.74, 6) is 0. The zero-order chi connectivity index (χ0) is 16.2. The van der Waals surface area contributed by atoms with Crippen molar-refractivity contribution in [3.63, 3.8) is 0 Å². The van der Waals surface area contributed by atoms with Crippen LogP contribution in [0.1, 0.15) is 30.5 Å². The molecule has 0 aliphatic carbocycles. The second-order valence-electron chi connectivity index (χ2n) is 6.97. The highest BCUT2D eigenvalue weighted by Gasteiger charge is 2.44. The number of nitrogens with zero attached hydrogens (tertiary/aromatic N) is 2. The molecule has 0 saturated heterocycles. The van der Waals surface area contributed by atoms with Gasteiger partial charge in [0, 0.05) is 23.2 Å². The summed E-state index contributed by atoms with van der Waals surface area (Å²) in [4.78, 5) is 4.70. The van der Waals surface area contributed by atoms with Crippen molar-refractivity contribution in [2.45, 2.75) is 26.2 Å². The third-order valence-corrected chi connectivity index (χ3v) is 4.98. The van der Waals surface area contributed by atoms with Gasteiger partial charge in [-0.2, -0.15) is 4.58 Å². The van der Waals surface area contributed by atoms with Crippen LogP contribution in [0.15, 0.2) is 54.7 Å². The molecule has 0 N–H and O–H groups in total. The van der Waals surface area contributed by atoms with Crippen LogP contribution < -0.4 is 0 Å². The van der Waals surface area contributed by atoms with Gasteiger partial charge in [0.2, 0.25) is 11.4 Å². The van der Waals surface area contributed by atoms with Crippen molar-refractivity contribution in [3.8, 4) is 0 Å². The Morgan fingerprint density at radius 1 is 1.00 bits per heavy atom. The van der Waals surface area contributed by atoms with Crippen molar-refractivity contribution in [2.75, 3.05) is 7.05 Å². The first-order valence-corrected chi connectivity index (χ1v) is 8.06. The molecule has 0 unspecified atom stereocenters. The standard InChI is InChI=1S/C21H21N2/c1-14-9-10-15-12-16(13-22-18(15)11-14)20-21(2,3)17-7-5-6-8-19(17)23(20)4/h5-13H,1-4H3/q+1. The van der Waals surface area contributed by atoms with E-state index >= 15 is 0 Å². The molecule has 0 spiro atoms. The number of rotatable bonds is 1. The third kappa shape index (κ3) is 2.02. The molecular weight excluding hydrogens is 280 g/mol. The lowest BCUT2D eigenvalue weighted by atomic mass is 9.79. The maximum absolute atomic E-state index is 4.70. The highest BCUT2D eigenvalue weighted by atomic mass is 15.0. The van der Waals surface area contributed by atoms with Gasteiger partial charge in [0.15, 0.2) is 0 Å². The van der Waals surface area contributed by atoms with Gasteiger partial charge in [-0.3, -0.25) is 4.98 Å². The first kappa shape index (κ1) is 14.1. The lowest BCUT2D eigenvalue weighted by molar-refractivity contribution is -0.401. The summed E-state index contributed by atoms with van der Waals surface area (Å²) in [5.41, 5.74) is 7.46. The predicted octanol–water partition coefficient (Wildman–Crippen LogP) is 4.60. The molecule has 0 fully saturated rings. The molecule has 1 aromatic heterocycles. The van der Waals surface area contributed by atoms with Gasteiger partial charge in [-0.1, -0.05) is 30.3 Å². The number of para-hydroxylation sites is 1. The van der Waals surface area contributed by atoms with E-state index < -0.39 is 0 Å². The SMILES string of the molecule is Cc1ccc2cc(C3=[N+](C)c4ccccc4C3(C)C)cnc2c1. The maximum Gasteiger partial charge on any atom is 0.209 e. The summed E-state index contributed by atoms with van der Waals surface area (Å²) in [6.07, 6.45) is 2.02. The Balaban J connectivity index is 1.94. The second kappa shape index (κ2) is 4.76. The van der Waals surface area contributed by atoms with Gasteiger partial charge in [0.05, 0.1) is 16.5 Å². The van der Waals surface area contributed by atoms with Crippen LogP contribution in [0.25, 0.3) is 10.9 Å². The van der Waals surface area contributed by atoms with Gasteiger partial charge < -0.3 is 0 Å². The average Bonchev–Trinajstić information content (AvgIpc) is 2.74. The van der Waals surface area contributed by atoms with E-state index in [4.69, 9.17) is 4.98 Å². The lowest BCUT2D eigenvalue weighted by Crippen LogP contribution is -2.29. The summed E-state index contributed by atoms with van der Waals surface area (Å²) in [6.45, 7) is 6.70. The van der Waals surface area contributed by atoms with Crippen LogP contribution in [0.4, 0.5) is 5.69 Å². The largest absolute Gasteiger partial charge is 0.255 e. The van der Waals surface area contributed by atoms with Gasteiger partial charge in [-0.15, -0.1) is 0 Å². The van der Waals surface area contributed by atoms with Crippen LogP contribution in [0.3, 0.4) is 0 Å². The quantitative estimate of drug-likeness (QED) is 0.600. The molecule has 3 aromatic rings. The number of hydrogen-bond acceptors (Lipinski definition) is 1. The Hall–Kier alpha value is -2.48. The summed E-state index contributed by atoms with van der Waals surface area (Å²) in [6, 6.07) is 17.4. The number of hydrogen-bond donors (Lipinski definition) is 0. The van der Waals surface area contributed by atoms with E-state index in [2.05, 4.69) is 80.9 Å². The van der Waals surface area contributed by atoms with Crippen molar-refractivity contribution >= 4 is 22.3 Å². The first-order valence-electron chi connectivity index (χ1n) is 8.06. The highest BCUT2D eigenvalue weighted by Crippen LogP contribution is 2.40. The van der Waals surface area contributed by atoms with Gasteiger partial charge >= 0.3 is 0 Å². The van der Waals surface area contributed by atoms with E-state index in [9.17, 15) is 0 Å². The minimum atomic E-state index is -0.0224. The fourth-order valence-electron chi connectivity index (χ4n) is 3.88. The number of fused-ring (bicyclic) bond motifs is 2. The predicted molar refractivity (Wildman–Crippen MR) is 95.9 cm³/mol. The monoisotopic (exact) mass is 301 g/mol. The fraction of sp³-hybridized carbons (Fsp3) is 0.238. The molecule has 0 radical (unpaired) electrons. The Morgan fingerprint density at radius 2 is 1.78 bits per heavy atom. The van der Waals surface area contributed by atoms with Gasteiger partial charge in [0.1, 0.15) is 7.05 Å². The molecule has 0 saturated carbocycles. The van der Waals surface area contributed by atoms with E-state index in [1.54, 1.807) is 0 Å². The topological polar surface area (TPSA) is 15.9 Å². The van der Waals surface area contributed by atoms with Gasteiger partial charge in [-0.05, 0) is 38.5 Å². The van der Waals surface area contributed by atoms with E-state index in [1.165, 1.54) is 33.5 Å². The minimum Gasteiger partial charge on any atom is -0.255 e. The molecule has 4 rings (SSSR count). The van der Waals surface area contributed by atoms with Crippen LogP contribution in [0.2, 0.25) is 0 Å². The summed E-state index contributed by atoms with van der Waals surface area (Å²) < 4.78 is 2.31. The van der Waals surface area contributed by atoms with Crippen LogP contribution in [-0.2, 0) is 5.41 Å². The molecule has 0 atom stereocenters. The molecule has 1 aliphatic heterocycles. The van der Waals surface area contributed by atoms with Gasteiger partial charge in [0.25, 0.3) is 0 Å². The fourth-order valence-corrected chi connectivity index (χ4v) is 3.88. The van der Waals surface area contributed by atoms with Crippen molar-refractivity contribution in [1.82, 2.24) is 4.98 Å². The number of aromatic nitrogens is 1. The average molecular weight is 301 g/mol. The van der Waals surface area contributed by atoms with Crippen LogP contribution >= 0.6 is 0 Å². The Morgan fingerprint density at radius 3 is 2.57 bits per heavy atom. The molecule has 2 heteroatoms. The van der Waals surface area contributed by atoms with E-state index in [1.807, 2.05) is 6.20 Å². The smallest absolute Gasteiger partial charge is 0.209 e. The second-order valence-corrected chi connectivity index (χ2v) is 6.97. The van der Waals surface area contributed by atoms with E-state index in [-0.39, 0.29) is 5.41 Å². The molecule has 1 aliphatic rings. The highest BCUT2D eigenvalue weighted by molar-refractivity contribution is 6.08. The molecule has 114 valence electrons. The van der Waals surface area contributed by atoms with Crippen LogP contribution in [-0.4, -0.2) is 22.3 Å². The lowest BCUT2D eigenvalue weighted by Gasteiger charge is -2.17. The molecule has 2 nitrogen and oxygen atoms in total. The molecule has 0 bridgehead atoms. The maximum atomic E-state index is 4.70. The number of aryl methyl sites for hydroxylation is 1. The molecular formula is C21H21N2+. The summed E-state index contributed by atoms with van der Waals surface area (Å²) >= 11 is 0. The van der Waals surface area contributed by atoms with E-state index in [0.29, 0.717) is 0 Å².